The normalized spacial score (nSPS) is 22.8. The summed E-state index contributed by atoms with van der Waals surface area (Å²) < 4.78 is 26.1. The highest BCUT2D eigenvalue weighted by Gasteiger charge is 2.39. The minimum atomic E-state index is -2.52. The Morgan fingerprint density at radius 1 is 1.00 bits per heavy atom. The van der Waals surface area contributed by atoms with Crippen molar-refractivity contribution in [2.75, 3.05) is 0 Å². The van der Waals surface area contributed by atoms with Gasteiger partial charge in [0, 0.05) is 18.4 Å². The maximum atomic E-state index is 13.0. The van der Waals surface area contributed by atoms with Crippen LogP contribution in [0.2, 0.25) is 0 Å². The molecule has 0 radical (unpaired) electrons. The molecule has 1 saturated carbocycles. The first kappa shape index (κ1) is 12.2. The zero-order valence-corrected chi connectivity index (χ0v) is 9.70. The predicted molar refractivity (Wildman–Crippen MR) is 65.8 cm³/mol. The van der Waals surface area contributed by atoms with Gasteiger partial charge in [0.05, 0.1) is 0 Å². The van der Waals surface area contributed by atoms with E-state index in [1.807, 2.05) is 42.5 Å². The SMILES string of the molecule is NC1(/C=C/c2ccccc2)CCC(F)(F)CC1. The molecule has 1 fully saturated rings. The Labute approximate surface area is 100 Å². The topological polar surface area (TPSA) is 26.0 Å². The molecule has 1 aliphatic rings. The number of nitrogens with two attached hydrogens (primary N) is 1. The van der Waals surface area contributed by atoms with Crippen LogP contribution in [0, 0.1) is 0 Å². The minimum absolute atomic E-state index is 0.109. The summed E-state index contributed by atoms with van der Waals surface area (Å²) >= 11 is 0. The molecule has 0 amide bonds. The Bertz CT molecular complexity index is 388. The van der Waals surface area contributed by atoms with E-state index in [1.165, 1.54) is 0 Å². The first-order valence-electron chi connectivity index (χ1n) is 5.90. The molecule has 2 rings (SSSR count). The van der Waals surface area contributed by atoms with Gasteiger partial charge in [-0.3, -0.25) is 0 Å². The van der Waals surface area contributed by atoms with E-state index >= 15 is 0 Å². The van der Waals surface area contributed by atoms with E-state index in [-0.39, 0.29) is 12.8 Å². The maximum absolute atomic E-state index is 13.0. The van der Waals surface area contributed by atoms with E-state index in [2.05, 4.69) is 0 Å². The molecule has 2 N–H and O–H groups in total. The lowest BCUT2D eigenvalue weighted by atomic mass is 9.80. The van der Waals surface area contributed by atoms with Crippen LogP contribution in [0.4, 0.5) is 8.78 Å². The standard InChI is InChI=1S/C14H17F2N/c15-14(16)10-8-13(17,9-11-14)7-6-12-4-2-1-3-5-12/h1-7H,8-11,17H2/b7-6+. The molecule has 0 aromatic heterocycles. The molecule has 1 nitrogen and oxygen atoms in total. The molecular formula is C14H17F2N. The van der Waals surface area contributed by atoms with Crippen LogP contribution in [0.3, 0.4) is 0 Å². The molecular weight excluding hydrogens is 220 g/mol. The Hall–Kier alpha value is -1.22. The van der Waals surface area contributed by atoms with Crippen molar-refractivity contribution in [2.24, 2.45) is 5.73 Å². The van der Waals surface area contributed by atoms with Gasteiger partial charge in [-0.2, -0.15) is 0 Å². The molecule has 17 heavy (non-hydrogen) atoms. The highest BCUT2D eigenvalue weighted by molar-refractivity contribution is 5.50. The largest absolute Gasteiger partial charge is 0.322 e. The molecule has 0 atom stereocenters. The summed E-state index contributed by atoms with van der Waals surface area (Å²) in [7, 11) is 0. The Balaban J connectivity index is 2.02. The van der Waals surface area contributed by atoms with Crippen molar-refractivity contribution in [1.29, 1.82) is 0 Å². The smallest absolute Gasteiger partial charge is 0.248 e. The van der Waals surface area contributed by atoms with Gasteiger partial charge >= 0.3 is 0 Å². The lowest BCUT2D eigenvalue weighted by Gasteiger charge is -2.34. The van der Waals surface area contributed by atoms with Gasteiger partial charge in [-0.15, -0.1) is 0 Å². The molecule has 1 aliphatic carbocycles. The molecule has 0 spiro atoms. The molecule has 0 heterocycles. The van der Waals surface area contributed by atoms with Gasteiger partial charge in [0.1, 0.15) is 0 Å². The third-order valence-corrected chi connectivity index (χ3v) is 3.32. The lowest BCUT2D eigenvalue weighted by molar-refractivity contribution is -0.0449. The number of alkyl halides is 2. The number of halogens is 2. The summed E-state index contributed by atoms with van der Waals surface area (Å²) in [5.41, 5.74) is 6.59. The second-order valence-electron chi connectivity index (χ2n) is 4.83. The van der Waals surface area contributed by atoms with Gasteiger partial charge in [0.25, 0.3) is 0 Å². The fraction of sp³-hybridized carbons (Fsp3) is 0.429. The average molecular weight is 237 g/mol. The van der Waals surface area contributed by atoms with Crippen LogP contribution in [0.1, 0.15) is 31.2 Å². The molecule has 1 aromatic carbocycles. The van der Waals surface area contributed by atoms with Gasteiger partial charge in [-0.05, 0) is 18.4 Å². The third kappa shape index (κ3) is 3.37. The van der Waals surface area contributed by atoms with Crippen molar-refractivity contribution in [3.05, 3.63) is 42.0 Å². The highest BCUT2D eigenvalue weighted by atomic mass is 19.3. The molecule has 3 heteroatoms. The monoisotopic (exact) mass is 237 g/mol. The van der Waals surface area contributed by atoms with E-state index in [1.54, 1.807) is 0 Å². The summed E-state index contributed by atoms with van der Waals surface area (Å²) in [6, 6.07) is 9.76. The molecule has 92 valence electrons. The van der Waals surface area contributed by atoms with E-state index < -0.39 is 11.5 Å². The van der Waals surface area contributed by atoms with Crippen molar-refractivity contribution in [3.63, 3.8) is 0 Å². The van der Waals surface area contributed by atoms with Crippen LogP contribution < -0.4 is 5.73 Å². The predicted octanol–water partition coefficient (Wildman–Crippen LogP) is 3.61. The van der Waals surface area contributed by atoms with Crippen molar-refractivity contribution < 1.29 is 8.78 Å². The van der Waals surface area contributed by atoms with Crippen LogP contribution in [0.5, 0.6) is 0 Å². The number of benzene rings is 1. The molecule has 0 bridgehead atoms. The van der Waals surface area contributed by atoms with Gasteiger partial charge in [0.2, 0.25) is 5.92 Å². The number of rotatable bonds is 2. The van der Waals surface area contributed by atoms with E-state index in [9.17, 15) is 8.78 Å². The summed E-state index contributed by atoms with van der Waals surface area (Å²) in [4.78, 5) is 0. The zero-order chi connectivity index (χ0) is 12.4. The fourth-order valence-corrected chi connectivity index (χ4v) is 2.07. The quantitative estimate of drug-likeness (QED) is 0.835. The highest BCUT2D eigenvalue weighted by Crippen LogP contribution is 2.38. The summed E-state index contributed by atoms with van der Waals surface area (Å²) in [6.45, 7) is 0. The van der Waals surface area contributed by atoms with Crippen LogP contribution >= 0.6 is 0 Å². The van der Waals surface area contributed by atoms with Crippen LogP contribution in [-0.2, 0) is 0 Å². The Morgan fingerprint density at radius 2 is 1.59 bits per heavy atom. The number of hydrogen-bond acceptors (Lipinski definition) is 1. The fourth-order valence-electron chi connectivity index (χ4n) is 2.07. The second-order valence-corrected chi connectivity index (χ2v) is 4.83. The first-order chi connectivity index (χ1) is 7.99. The number of hydrogen-bond donors (Lipinski definition) is 1. The summed E-state index contributed by atoms with van der Waals surface area (Å²) in [5.74, 6) is -2.52. The Morgan fingerprint density at radius 3 is 2.18 bits per heavy atom. The van der Waals surface area contributed by atoms with Crippen molar-refractivity contribution in [1.82, 2.24) is 0 Å². The van der Waals surface area contributed by atoms with Crippen molar-refractivity contribution in [2.45, 2.75) is 37.1 Å². The van der Waals surface area contributed by atoms with E-state index in [0.717, 1.165) is 5.56 Å². The molecule has 0 aliphatic heterocycles. The first-order valence-corrected chi connectivity index (χ1v) is 5.90. The van der Waals surface area contributed by atoms with Gasteiger partial charge in [-0.25, -0.2) is 8.78 Å². The van der Waals surface area contributed by atoms with Gasteiger partial charge < -0.3 is 5.73 Å². The average Bonchev–Trinajstić information content (AvgIpc) is 2.33. The molecule has 1 aromatic rings. The summed E-state index contributed by atoms with van der Waals surface area (Å²) in [5, 5.41) is 0. The summed E-state index contributed by atoms with van der Waals surface area (Å²) in [6.07, 6.45) is 4.28. The maximum Gasteiger partial charge on any atom is 0.248 e. The third-order valence-electron chi connectivity index (χ3n) is 3.32. The van der Waals surface area contributed by atoms with Crippen LogP contribution in [0.25, 0.3) is 6.08 Å². The van der Waals surface area contributed by atoms with Crippen LogP contribution in [0.15, 0.2) is 36.4 Å². The zero-order valence-electron chi connectivity index (χ0n) is 9.70. The molecule has 0 unspecified atom stereocenters. The van der Waals surface area contributed by atoms with Crippen LogP contribution in [-0.4, -0.2) is 11.5 Å². The second kappa shape index (κ2) is 4.57. The van der Waals surface area contributed by atoms with Gasteiger partial charge in [0.15, 0.2) is 0 Å². The van der Waals surface area contributed by atoms with Crippen molar-refractivity contribution in [3.8, 4) is 0 Å². The lowest BCUT2D eigenvalue weighted by Crippen LogP contribution is -2.44. The van der Waals surface area contributed by atoms with E-state index in [4.69, 9.17) is 5.73 Å². The van der Waals surface area contributed by atoms with Crippen molar-refractivity contribution >= 4 is 6.08 Å². The van der Waals surface area contributed by atoms with E-state index in [0.29, 0.717) is 12.8 Å². The Kier molecular flexibility index (Phi) is 3.29. The minimum Gasteiger partial charge on any atom is -0.322 e. The van der Waals surface area contributed by atoms with Gasteiger partial charge in [-0.1, -0.05) is 42.5 Å². The molecule has 0 saturated heterocycles.